The molecule has 1 atom stereocenters. The van der Waals surface area contributed by atoms with E-state index in [-0.39, 0.29) is 11.9 Å². The standard InChI is InChI=1S/C10H10O2/c1-3-10(12-2)8-5-4-6-9(11)7-8/h1,4-7,10-11H,2H3. The third-order valence-electron chi connectivity index (χ3n) is 1.56. The number of terminal acetylenes is 1. The second-order valence-electron chi connectivity index (χ2n) is 2.38. The van der Waals surface area contributed by atoms with Crippen LogP contribution in [0.4, 0.5) is 0 Å². The quantitative estimate of drug-likeness (QED) is 0.671. The molecule has 0 aliphatic carbocycles. The summed E-state index contributed by atoms with van der Waals surface area (Å²) in [5.41, 5.74) is 0.792. The summed E-state index contributed by atoms with van der Waals surface area (Å²) >= 11 is 0. The first-order valence-electron chi connectivity index (χ1n) is 3.55. The second kappa shape index (κ2) is 3.80. The Labute approximate surface area is 71.8 Å². The molecular weight excluding hydrogens is 152 g/mol. The first kappa shape index (κ1) is 8.63. The maximum atomic E-state index is 9.13. The van der Waals surface area contributed by atoms with Gasteiger partial charge in [-0.05, 0) is 17.7 Å². The number of ether oxygens (including phenoxy) is 1. The number of phenols is 1. The van der Waals surface area contributed by atoms with Gasteiger partial charge >= 0.3 is 0 Å². The van der Waals surface area contributed by atoms with Crippen LogP contribution < -0.4 is 0 Å². The molecule has 1 aromatic rings. The minimum atomic E-state index is -0.378. The number of hydrogen-bond donors (Lipinski definition) is 1. The van der Waals surface area contributed by atoms with Crippen LogP contribution in [-0.4, -0.2) is 12.2 Å². The summed E-state index contributed by atoms with van der Waals surface area (Å²) < 4.78 is 4.99. The van der Waals surface area contributed by atoms with E-state index >= 15 is 0 Å². The Morgan fingerprint density at radius 2 is 2.33 bits per heavy atom. The van der Waals surface area contributed by atoms with Gasteiger partial charge in [0.05, 0.1) is 0 Å². The Balaban J connectivity index is 2.95. The first-order valence-corrected chi connectivity index (χ1v) is 3.55. The Morgan fingerprint density at radius 3 is 2.83 bits per heavy atom. The van der Waals surface area contributed by atoms with Crippen molar-refractivity contribution < 1.29 is 9.84 Å². The zero-order valence-electron chi connectivity index (χ0n) is 6.82. The van der Waals surface area contributed by atoms with Crippen molar-refractivity contribution in [1.82, 2.24) is 0 Å². The van der Waals surface area contributed by atoms with E-state index in [4.69, 9.17) is 16.3 Å². The van der Waals surface area contributed by atoms with Crippen molar-refractivity contribution in [2.75, 3.05) is 7.11 Å². The summed E-state index contributed by atoms with van der Waals surface area (Å²) in [6.45, 7) is 0. The smallest absolute Gasteiger partial charge is 0.142 e. The third kappa shape index (κ3) is 1.77. The number of benzene rings is 1. The van der Waals surface area contributed by atoms with E-state index < -0.39 is 0 Å². The summed E-state index contributed by atoms with van der Waals surface area (Å²) in [6.07, 6.45) is 4.83. The van der Waals surface area contributed by atoms with E-state index in [1.807, 2.05) is 6.07 Å². The molecule has 1 unspecified atom stereocenters. The van der Waals surface area contributed by atoms with Crippen LogP contribution in [0, 0.1) is 12.3 Å². The minimum absolute atomic E-state index is 0.199. The van der Waals surface area contributed by atoms with E-state index in [1.54, 1.807) is 18.2 Å². The molecule has 0 aliphatic heterocycles. The van der Waals surface area contributed by atoms with E-state index in [0.29, 0.717) is 0 Å². The molecule has 0 fully saturated rings. The highest BCUT2D eigenvalue weighted by Gasteiger charge is 2.05. The Morgan fingerprint density at radius 1 is 1.58 bits per heavy atom. The highest BCUT2D eigenvalue weighted by Crippen LogP contribution is 2.19. The second-order valence-corrected chi connectivity index (χ2v) is 2.38. The van der Waals surface area contributed by atoms with Crippen LogP contribution in [0.25, 0.3) is 0 Å². The van der Waals surface area contributed by atoms with E-state index in [0.717, 1.165) is 5.56 Å². The molecular formula is C10H10O2. The molecule has 1 N–H and O–H groups in total. The summed E-state index contributed by atoms with van der Waals surface area (Å²) in [5, 5.41) is 9.13. The molecule has 0 amide bonds. The topological polar surface area (TPSA) is 29.5 Å². The zero-order valence-corrected chi connectivity index (χ0v) is 6.82. The summed E-state index contributed by atoms with van der Waals surface area (Å²) in [6, 6.07) is 6.72. The normalized spacial score (nSPS) is 12.0. The first-order chi connectivity index (χ1) is 5.77. The molecule has 2 nitrogen and oxygen atoms in total. The zero-order chi connectivity index (χ0) is 8.97. The van der Waals surface area contributed by atoms with Crippen molar-refractivity contribution in [2.24, 2.45) is 0 Å². The van der Waals surface area contributed by atoms with Gasteiger partial charge in [-0.15, -0.1) is 6.42 Å². The van der Waals surface area contributed by atoms with Crippen LogP contribution in [-0.2, 0) is 4.74 Å². The SMILES string of the molecule is C#CC(OC)c1cccc(O)c1. The number of rotatable bonds is 2. The Kier molecular flexibility index (Phi) is 2.73. The predicted octanol–water partition coefficient (Wildman–Crippen LogP) is 1.71. The van der Waals surface area contributed by atoms with Crippen LogP contribution >= 0.6 is 0 Å². The lowest BCUT2D eigenvalue weighted by molar-refractivity contribution is 0.150. The molecule has 62 valence electrons. The number of hydrogen-bond acceptors (Lipinski definition) is 2. The average Bonchev–Trinajstić information content (AvgIpc) is 2.07. The van der Waals surface area contributed by atoms with E-state index in [2.05, 4.69) is 5.92 Å². The molecule has 0 spiro atoms. The monoisotopic (exact) mass is 162 g/mol. The molecule has 2 heteroatoms. The lowest BCUT2D eigenvalue weighted by Gasteiger charge is -2.08. The molecule has 0 bridgehead atoms. The third-order valence-corrected chi connectivity index (χ3v) is 1.56. The van der Waals surface area contributed by atoms with Crippen LogP contribution in [0.5, 0.6) is 5.75 Å². The van der Waals surface area contributed by atoms with Gasteiger partial charge < -0.3 is 9.84 Å². The number of methoxy groups -OCH3 is 1. The molecule has 0 heterocycles. The molecule has 12 heavy (non-hydrogen) atoms. The van der Waals surface area contributed by atoms with Crippen LogP contribution in [0.3, 0.4) is 0 Å². The van der Waals surface area contributed by atoms with Gasteiger partial charge in [0.1, 0.15) is 11.9 Å². The van der Waals surface area contributed by atoms with Crippen molar-refractivity contribution in [3.8, 4) is 18.1 Å². The summed E-state index contributed by atoms with van der Waals surface area (Å²) in [4.78, 5) is 0. The fourth-order valence-corrected chi connectivity index (χ4v) is 0.988. The van der Waals surface area contributed by atoms with Gasteiger partial charge in [-0.1, -0.05) is 18.1 Å². The Bertz CT molecular complexity index is 299. The highest BCUT2D eigenvalue weighted by atomic mass is 16.5. The van der Waals surface area contributed by atoms with E-state index in [1.165, 1.54) is 7.11 Å². The Hall–Kier alpha value is -1.46. The average molecular weight is 162 g/mol. The minimum Gasteiger partial charge on any atom is -0.508 e. The molecule has 0 aliphatic rings. The molecule has 0 radical (unpaired) electrons. The molecule has 0 saturated carbocycles. The molecule has 0 aromatic heterocycles. The fraction of sp³-hybridized carbons (Fsp3) is 0.200. The number of aromatic hydroxyl groups is 1. The number of phenolic OH excluding ortho intramolecular Hbond substituents is 1. The van der Waals surface area contributed by atoms with Gasteiger partial charge in [0, 0.05) is 7.11 Å². The van der Waals surface area contributed by atoms with Gasteiger partial charge in [-0.3, -0.25) is 0 Å². The van der Waals surface area contributed by atoms with Gasteiger partial charge in [0.2, 0.25) is 0 Å². The van der Waals surface area contributed by atoms with Gasteiger partial charge in [0.15, 0.2) is 0 Å². The summed E-state index contributed by atoms with van der Waals surface area (Å²) in [7, 11) is 1.54. The van der Waals surface area contributed by atoms with Crippen LogP contribution in [0.15, 0.2) is 24.3 Å². The van der Waals surface area contributed by atoms with Crippen molar-refractivity contribution in [3.05, 3.63) is 29.8 Å². The molecule has 0 saturated heterocycles. The lowest BCUT2D eigenvalue weighted by atomic mass is 10.1. The predicted molar refractivity (Wildman–Crippen MR) is 46.7 cm³/mol. The lowest BCUT2D eigenvalue weighted by Crippen LogP contribution is -1.96. The van der Waals surface area contributed by atoms with Crippen molar-refractivity contribution in [2.45, 2.75) is 6.10 Å². The van der Waals surface area contributed by atoms with Gasteiger partial charge in [-0.2, -0.15) is 0 Å². The van der Waals surface area contributed by atoms with E-state index in [9.17, 15) is 0 Å². The summed E-state index contributed by atoms with van der Waals surface area (Å²) in [5.74, 6) is 2.66. The van der Waals surface area contributed by atoms with Crippen molar-refractivity contribution in [3.63, 3.8) is 0 Å². The fourth-order valence-electron chi connectivity index (χ4n) is 0.988. The van der Waals surface area contributed by atoms with Crippen LogP contribution in [0.2, 0.25) is 0 Å². The van der Waals surface area contributed by atoms with Gasteiger partial charge in [0.25, 0.3) is 0 Å². The highest BCUT2D eigenvalue weighted by molar-refractivity contribution is 5.31. The maximum Gasteiger partial charge on any atom is 0.142 e. The molecule has 1 rings (SSSR count). The van der Waals surface area contributed by atoms with Crippen molar-refractivity contribution >= 4 is 0 Å². The van der Waals surface area contributed by atoms with Gasteiger partial charge in [-0.25, -0.2) is 0 Å². The van der Waals surface area contributed by atoms with Crippen LogP contribution in [0.1, 0.15) is 11.7 Å². The largest absolute Gasteiger partial charge is 0.508 e. The maximum absolute atomic E-state index is 9.13. The van der Waals surface area contributed by atoms with Crippen molar-refractivity contribution in [1.29, 1.82) is 0 Å². The molecule has 1 aromatic carbocycles.